The van der Waals surface area contributed by atoms with Crippen molar-refractivity contribution in [3.63, 3.8) is 0 Å². The largest absolute Gasteiger partial charge is 0.305 e. The molecule has 1 atom stereocenters. The minimum absolute atomic E-state index is 0.280. The predicted molar refractivity (Wildman–Crippen MR) is 90.7 cm³/mol. The van der Waals surface area contributed by atoms with Crippen molar-refractivity contribution in [3.8, 4) is 0 Å². The summed E-state index contributed by atoms with van der Waals surface area (Å²) in [5, 5.41) is 4.75. The van der Waals surface area contributed by atoms with Crippen LogP contribution in [0.1, 0.15) is 39.7 Å². The van der Waals surface area contributed by atoms with Crippen LogP contribution in [0.25, 0.3) is 0 Å². The maximum absolute atomic E-state index is 4.64. The van der Waals surface area contributed by atoms with Crippen molar-refractivity contribution < 1.29 is 0 Å². The van der Waals surface area contributed by atoms with Crippen LogP contribution >= 0.6 is 11.3 Å². The lowest BCUT2D eigenvalue weighted by atomic mass is 10.1. The minimum atomic E-state index is 0.280. The molecule has 0 aliphatic carbocycles. The smallest absolute Gasteiger partial charge is 0.0900 e. The molecule has 0 fully saturated rings. The molecule has 0 radical (unpaired) electrons. The van der Waals surface area contributed by atoms with Crippen LogP contribution in [-0.4, -0.2) is 24.0 Å². The summed E-state index contributed by atoms with van der Waals surface area (Å²) in [5.74, 6) is 0. The van der Waals surface area contributed by atoms with E-state index in [4.69, 9.17) is 0 Å². The number of aryl methyl sites for hydroxylation is 2. The van der Waals surface area contributed by atoms with Gasteiger partial charge in [-0.25, -0.2) is 4.98 Å². The van der Waals surface area contributed by atoms with E-state index in [0.29, 0.717) is 0 Å². The van der Waals surface area contributed by atoms with Crippen molar-refractivity contribution in [2.45, 2.75) is 39.9 Å². The molecule has 3 nitrogen and oxygen atoms in total. The van der Waals surface area contributed by atoms with E-state index in [1.807, 2.05) is 0 Å². The molecule has 1 N–H and O–H groups in total. The molecule has 114 valence electrons. The van der Waals surface area contributed by atoms with Crippen LogP contribution in [-0.2, 0) is 13.1 Å². The Morgan fingerprint density at radius 2 is 1.86 bits per heavy atom. The molecular formula is C17H25N3S. The fourth-order valence-corrected chi connectivity index (χ4v) is 3.45. The van der Waals surface area contributed by atoms with Crippen molar-refractivity contribution >= 4 is 11.3 Å². The van der Waals surface area contributed by atoms with Gasteiger partial charge in [0.2, 0.25) is 0 Å². The van der Waals surface area contributed by atoms with Crippen molar-refractivity contribution in [3.05, 3.63) is 51.0 Å². The molecule has 0 spiro atoms. The molecular weight excluding hydrogens is 278 g/mol. The summed E-state index contributed by atoms with van der Waals surface area (Å²) in [5.41, 5.74) is 3.93. The zero-order chi connectivity index (χ0) is 15.4. The Balaban J connectivity index is 2.04. The van der Waals surface area contributed by atoms with E-state index in [1.54, 1.807) is 11.3 Å². The van der Waals surface area contributed by atoms with Gasteiger partial charge in [0.05, 0.1) is 10.7 Å². The van der Waals surface area contributed by atoms with Gasteiger partial charge in [-0.3, -0.25) is 0 Å². The molecule has 0 amide bonds. The first kappa shape index (κ1) is 16.1. The predicted octanol–water partition coefficient (Wildman–Crippen LogP) is 3.67. The molecule has 1 unspecified atom stereocenters. The lowest BCUT2D eigenvalue weighted by Crippen LogP contribution is -2.21. The first-order valence-corrected chi connectivity index (χ1v) is 8.18. The van der Waals surface area contributed by atoms with Crippen LogP contribution in [0.5, 0.6) is 0 Å². The molecule has 0 saturated carbocycles. The highest BCUT2D eigenvalue weighted by Crippen LogP contribution is 2.23. The van der Waals surface area contributed by atoms with Crippen LogP contribution in [0.2, 0.25) is 0 Å². The van der Waals surface area contributed by atoms with Gasteiger partial charge in [0.15, 0.2) is 0 Å². The zero-order valence-corrected chi connectivity index (χ0v) is 14.4. The SMILES string of the molecule is Cc1nc(C(C)NCc2ccccc2CN(C)C)c(C)s1. The van der Waals surface area contributed by atoms with Crippen LogP contribution < -0.4 is 5.32 Å². The molecule has 21 heavy (non-hydrogen) atoms. The molecule has 0 aliphatic rings. The minimum Gasteiger partial charge on any atom is -0.305 e. The average molecular weight is 303 g/mol. The topological polar surface area (TPSA) is 28.2 Å². The standard InChI is InChI=1S/C17H25N3S/c1-12(17-13(2)21-14(3)19-17)18-10-15-8-6-7-9-16(15)11-20(4)5/h6-9,12,18H,10-11H2,1-5H3. The van der Waals surface area contributed by atoms with E-state index in [-0.39, 0.29) is 6.04 Å². The van der Waals surface area contributed by atoms with Crippen LogP contribution in [0.4, 0.5) is 0 Å². The summed E-state index contributed by atoms with van der Waals surface area (Å²) in [6.45, 7) is 8.26. The van der Waals surface area contributed by atoms with E-state index in [1.165, 1.54) is 21.7 Å². The Hall–Kier alpha value is -1.23. The van der Waals surface area contributed by atoms with Gasteiger partial charge in [0.1, 0.15) is 0 Å². The number of hydrogen-bond donors (Lipinski definition) is 1. The number of benzene rings is 1. The van der Waals surface area contributed by atoms with Gasteiger partial charge in [0.25, 0.3) is 0 Å². The number of thiazole rings is 1. The highest BCUT2D eigenvalue weighted by Gasteiger charge is 2.13. The molecule has 0 bridgehead atoms. The Kier molecular flexibility index (Phi) is 5.51. The van der Waals surface area contributed by atoms with Gasteiger partial charge in [-0.05, 0) is 46.0 Å². The van der Waals surface area contributed by atoms with E-state index < -0.39 is 0 Å². The van der Waals surface area contributed by atoms with Gasteiger partial charge in [-0.15, -0.1) is 11.3 Å². The molecule has 2 aromatic rings. The van der Waals surface area contributed by atoms with Crippen molar-refractivity contribution in [1.82, 2.24) is 15.2 Å². The third-order valence-corrected chi connectivity index (χ3v) is 4.46. The quantitative estimate of drug-likeness (QED) is 0.882. The Labute approximate surface area is 132 Å². The zero-order valence-electron chi connectivity index (χ0n) is 13.6. The van der Waals surface area contributed by atoms with Gasteiger partial charge in [0, 0.05) is 24.0 Å². The summed E-state index contributed by atoms with van der Waals surface area (Å²) < 4.78 is 0. The van der Waals surface area contributed by atoms with E-state index in [2.05, 4.69) is 74.3 Å². The molecule has 1 heterocycles. The molecule has 1 aromatic carbocycles. The van der Waals surface area contributed by atoms with Crippen molar-refractivity contribution in [2.24, 2.45) is 0 Å². The second-order valence-electron chi connectivity index (χ2n) is 5.78. The third kappa shape index (κ3) is 4.37. The Morgan fingerprint density at radius 1 is 1.19 bits per heavy atom. The lowest BCUT2D eigenvalue weighted by Gasteiger charge is -2.17. The van der Waals surface area contributed by atoms with Gasteiger partial charge < -0.3 is 10.2 Å². The second kappa shape index (κ2) is 7.16. The Bertz CT molecular complexity index is 589. The van der Waals surface area contributed by atoms with Crippen LogP contribution in [0, 0.1) is 13.8 Å². The van der Waals surface area contributed by atoms with Crippen molar-refractivity contribution in [1.29, 1.82) is 0 Å². The first-order valence-electron chi connectivity index (χ1n) is 7.36. The third-order valence-electron chi connectivity index (χ3n) is 3.55. The number of rotatable bonds is 6. The summed E-state index contributed by atoms with van der Waals surface area (Å²) in [7, 11) is 4.21. The average Bonchev–Trinajstić information content (AvgIpc) is 2.76. The number of aromatic nitrogens is 1. The summed E-state index contributed by atoms with van der Waals surface area (Å²) in [6.07, 6.45) is 0. The number of hydrogen-bond acceptors (Lipinski definition) is 4. The molecule has 0 aliphatic heterocycles. The number of nitrogens with one attached hydrogen (secondary N) is 1. The van der Waals surface area contributed by atoms with Crippen molar-refractivity contribution in [2.75, 3.05) is 14.1 Å². The fraction of sp³-hybridized carbons (Fsp3) is 0.471. The first-order chi connectivity index (χ1) is 9.97. The summed E-state index contributed by atoms with van der Waals surface area (Å²) >= 11 is 1.77. The van der Waals surface area contributed by atoms with E-state index >= 15 is 0 Å². The number of nitrogens with zero attached hydrogens (tertiary/aromatic N) is 2. The summed E-state index contributed by atoms with van der Waals surface area (Å²) in [6, 6.07) is 8.92. The highest BCUT2D eigenvalue weighted by atomic mass is 32.1. The fourth-order valence-electron chi connectivity index (χ4n) is 2.53. The molecule has 1 aromatic heterocycles. The van der Waals surface area contributed by atoms with E-state index in [9.17, 15) is 0 Å². The highest BCUT2D eigenvalue weighted by molar-refractivity contribution is 7.11. The van der Waals surface area contributed by atoms with Crippen LogP contribution in [0.3, 0.4) is 0 Å². The summed E-state index contributed by atoms with van der Waals surface area (Å²) in [4.78, 5) is 8.16. The van der Waals surface area contributed by atoms with E-state index in [0.717, 1.165) is 18.1 Å². The van der Waals surface area contributed by atoms with Gasteiger partial charge in [-0.1, -0.05) is 24.3 Å². The monoisotopic (exact) mass is 303 g/mol. The lowest BCUT2D eigenvalue weighted by molar-refractivity contribution is 0.399. The molecule has 2 rings (SSSR count). The van der Waals surface area contributed by atoms with Crippen LogP contribution in [0.15, 0.2) is 24.3 Å². The van der Waals surface area contributed by atoms with Gasteiger partial charge in [-0.2, -0.15) is 0 Å². The Morgan fingerprint density at radius 3 is 2.43 bits per heavy atom. The van der Waals surface area contributed by atoms with Gasteiger partial charge >= 0.3 is 0 Å². The maximum Gasteiger partial charge on any atom is 0.0900 e. The normalized spacial score (nSPS) is 12.9. The second-order valence-corrected chi connectivity index (χ2v) is 7.19. The maximum atomic E-state index is 4.64. The molecule has 4 heteroatoms. The molecule has 0 saturated heterocycles.